The van der Waals surface area contributed by atoms with E-state index < -0.39 is 28.0 Å². The summed E-state index contributed by atoms with van der Waals surface area (Å²) in [4.78, 5) is 23.1. The summed E-state index contributed by atoms with van der Waals surface area (Å²) in [5.74, 6) is -1.35. The highest BCUT2D eigenvalue weighted by Crippen LogP contribution is 2.45. The number of rotatable bonds is 7. The molecule has 3 atom stereocenters. The molecule has 1 aromatic carbocycles. The second-order valence-corrected chi connectivity index (χ2v) is 9.26. The molecule has 1 aromatic rings. The third-order valence-electron chi connectivity index (χ3n) is 5.50. The summed E-state index contributed by atoms with van der Waals surface area (Å²) in [6.07, 6.45) is 3.65. The number of amides is 1. The van der Waals surface area contributed by atoms with Crippen LogP contribution in [0.15, 0.2) is 29.2 Å². The fraction of sp³-hybridized carbons (Fsp3) is 0.556. The monoisotopic (exact) mass is 394 g/mol. The van der Waals surface area contributed by atoms with E-state index in [2.05, 4.69) is 5.32 Å². The molecule has 2 N–H and O–H groups in total. The van der Waals surface area contributed by atoms with Crippen LogP contribution in [-0.2, 0) is 19.6 Å². The van der Waals surface area contributed by atoms with Crippen molar-refractivity contribution < 1.29 is 27.9 Å². The average Bonchev–Trinajstić information content (AvgIpc) is 3.24. The Morgan fingerprint density at radius 3 is 2.44 bits per heavy atom. The smallest absolute Gasteiger partial charge is 0.308 e. The van der Waals surface area contributed by atoms with Crippen LogP contribution in [0.1, 0.15) is 32.1 Å². The van der Waals surface area contributed by atoms with Gasteiger partial charge in [0.2, 0.25) is 10.0 Å². The number of carboxylic acid groups (broad SMARTS) is 1. The van der Waals surface area contributed by atoms with Gasteiger partial charge in [0.25, 0.3) is 5.91 Å². The Morgan fingerprint density at radius 2 is 1.85 bits per heavy atom. The summed E-state index contributed by atoms with van der Waals surface area (Å²) in [5, 5.41) is 12.1. The van der Waals surface area contributed by atoms with E-state index in [9.17, 15) is 23.1 Å². The molecule has 4 rings (SSSR count). The maximum absolute atomic E-state index is 13.0. The van der Waals surface area contributed by atoms with Crippen molar-refractivity contribution in [2.75, 3.05) is 6.61 Å². The molecule has 0 radical (unpaired) electrons. The van der Waals surface area contributed by atoms with Crippen molar-refractivity contribution in [3.05, 3.63) is 24.3 Å². The minimum absolute atomic E-state index is 0.111. The van der Waals surface area contributed by atoms with E-state index >= 15 is 0 Å². The molecule has 2 aliphatic heterocycles. The number of benzene rings is 1. The van der Waals surface area contributed by atoms with E-state index in [4.69, 9.17) is 4.74 Å². The van der Waals surface area contributed by atoms with Crippen molar-refractivity contribution in [2.24, 2.45) is 5.92 Å². The lowest BCUT2D eigenvalue weighted by Gasteiger charge is -2.22. The molecule has 8 nitrogen and oxygen atoms in total. The van der Waals surface area contributed by atoms with Gasteiger partial charge in [-0.05, 0) is 56.4 Å². The summed E-state index contributed by atoms with van der Waals surface area (Å²) in [7, 11) is -3.76. The Labute approximate surface area is 157 Å². The minimum Gasteiger partial charge on any atom is -0.484 e. The van der Waals surface area contributed by atoms with Crippen molar-refractivity contribution in [1.29, 1.82) is 0 Å². The predicted molar refractivity (Wildman–Crippen MR) is 94.7 cm³/mol. The Kier molecular flexibility index (Phi) is 4.59. The van der Waals surface area contributed by atoms with Gasteiger partial charge in [-0.2, -0.15) is 4.31 Å². The maximum Gasteiger partial charge on any atom is 0.308 e. The van der Waals surface area contributed by atoms with E-state index in [1.807, 2.05) is 0 Å². The van der Waals surface area contributed by atoms with Gasteiger partial charge in [0.1, 0.15) is 5.75 Å². The summed E-state index contributed by atoms with van der Waals surface area (Å²) in [6, 6.07) is 5.46. The molecular formula is C18H22N2O6S. The molecule has 27 heavy (non-hydrogen) atoms. The molecule has 1 amide bonds. The number of ether oxygens (including phenoxy) is 1. The van der Waals surface area contributed by atoms with Crippen molar-refractivity contribution in [3.8, 4) is 5.75 Å². The summed E-state index contributed by atoms with van der Waals surface area (Å²) in [6.45, 7) is -0.112. The lowest BCUT2D eigenvalue weighted by molar-refractivity contribution is -0.142. The molecule has 1 aliphatic carbocycles. The van der Waals surface area contributed by atoms with Crippen LogP contribution in [0.3, 0.4) is 0 Å². The lowest BCUT2D eigenvalue weighted by Crippen LogP contribution is -2.37. The molecule has 146 valence electrons. The van der Waals surface area contributed by atoms with E-state index in [-0.39, 0.29) is 29.5 Å². The second-order valence-electron chi connectivity index (χ2n) is 7.42. The van der Waals surface area contributed by atoms with Crippen LogP contribution >= 0.6 is 0 Å². The Bertz CT molecular complexity index is 849. The number of sulfonamides is 1. The Morgan fingerprint density at radius 1 is 1.15 bits per heavy atom. The zero-order valence-electron chi connectivity index (χ0n) is 14.7. The van der Waals surface area contributed by atoms with Gasteiger partial charge in [-0.15, -0.1) is 0 Å². The van der Waals surface area contributed by atoms with Gasteiger partial charge in [-0.25, -0.2) is 8.42 Å². The Balaban J connectivity index is 1.43. The van der Waals surface area contributed by atoms with Crippen LogP contribution in [0.5, 0.6) is 5.75 Å². The van der Waals surface area contributed by atoms with E-state index in [1.54, 1.807) is 0 Å². The Hall–Kier alpha value is -2.13. The van der Waals surface area contributed by atoms with Gasteiger partial charge in [-0.1, -0.05) is 0 Å². The van der Waals surface area contributed by atoms with Gasteiger partial charge in [0.15, 0.2) is 6.61 Å². The van der Waals surface area contributed by atoms with Crippen LogP contribution in [0.4, 0.5) is 0 Å². The highest BCUT2D eigenvalue weighted by atomic mass is 32.2. The number of carbonyl (C=O) groups excluding carboxylic acids is 1. The van der Waals surface area contributed by atoms with Crippen molar-refractivity contribution >= 4 is 21.9 Å². The summed E-state index contributed by atoms with van der Waals surface area (Å²) in [5.41, 5.74) is 0. The first-order valence-corrected chi connectivity index (χ1v) is 10.6. The number of hydrogen-bond donors (Lipinski definition) is 2. The zero-order valence-corrected chi connectivity index (χ0v) is 15.5. The van der Waals surface area contributed by atoms with Crippen LogP contribution in [0, 0.1) is 5.92 Å². The third-order valence-corrected chi connectivity index (χ3v) is 7.49. The normalized spacial score (nSPS) is 27.5. The van der Waals surface area contributed by atoms with Crippen LogP contribution in [-0.4, -0.2) is 54.4 Å². The number of carboxylic acids is 1. The number of aliphatic carboxylic acids is 1. The molecular weight excluding hydrogens is 372 g/mol. The fourth-order valence-electron chi connectivity index (χ4n) is 4.05. The quantitative estimate of drug-likeness (QED) is 0.713. The standard InChI is InChI=1S/C18H22N2O6S/c21-17(19-11-1-2-11)10-26-13-4-6-14(7-5-13)27(24,25)20-12-3-8-16(20)15(9-12)18(22)23/h4-7,11-12,15-16H,1-3,8-10H2,(H,19,21)(H,22,23). The first kappa shape index (κ1) is 18.2. The lowest BCUT2D eigenvalue weighted by atomic mass is 9.89. The summed E-state index contributed by atoms with van der Waals surface area (Å²) < 4.78 is 32.8. The molecule has 2 bridgehead atoms. The number of nitrogens with one attached hydrogen (secondary N) is 1. The maximum atomic E-state index is 13.0. The second kappa shape index (κ2) is 6.79. The van der Waals surface area contributed by atoms with Gasteiger partial charge in [0, 0.05) is 18.1 Å². The highest BCUT2D eigenvalue weighted by Gasteiger charge is 2.54. The molecule has 2 heterocycles. The molecule has 1 saturated carbocycles. The van der Waals surface area contributed by atoms with Gasteiger partial charge in [-0.3, -0.25) is 9.59 Å². The van der Waals surface area contributed by atoms with Crippen molar-refractivity contribution in [3.63, 3.8) is 0 Å². The van der Waals surface area contributed by atoms with Gasteiger partial charge < -0.3 is 15.2 Å². The molecule has 0 spiro atoms. The summed E-state index contributed by atoms with van der Waals surface area (Å²) >= 11 is 0. The van der Waals surface area contributed by atoms with Crippen molar-refractivity contribution in [1.82, 2.24) is 9.62 Å². The number of hydrogen-bond acceptors (Lipinski definition) is 5. The molecule has 0 aromatic heterocycles. The SMILES string of the molecule is O=C(COc1ccc(S(=O)(=O)N2C3CCC2C(C(=O)O)C3)cc1)NC1CC1. The van der Waals surface area contributed by atoms with Crippen LogP contribution < -0.4 is 10.1 Å². The van der Waals surface area contributed by atoms with Crippen LogP contribution in [0.2, 0.25) is 0 Å². The third kappa shape index (κ3) is 3.53. The van der Waals surface area contributed by atoms with E-state index in [1.165, 1.54) is 28.6 Å². The molecule has 3 fully saturated rings. The molecule has 3 aliphatic rings. The minimum atomic E-state index is -3.76. The fourth-order valence-corrected chi connectivity index (χ4v) is 5.97. The van der Waals surface area contributed by atoms with Crippen LogP contribution in [0.25, 0.3) is 0 Å². The first-order chi connectivity index (χ1) is 12.9. The molecule has 2 saturated heterocycles. The van der Waals surface area contributed by atoms with Gasteiger partial charge >= 0.3 is 5.97 Å². The predicted octanol–water partition coefficient (Wildman–Crippen LogP) is 0.970. The van der Waals surface area contributed by atoms with Crippen molar-refractivity contribution in [2.45, 2.75) is 55.1 Å². The molecule has 3 unspecified atom stereocenters. The molecule has 9 heteroatoms. The largest absolute Gasteiger partial charge is 0.484 e. The highest BCUT2D eigenvalue weighted by molar-refractivity contribution is 7.89. The zero-order chi connectivity index (χ0) is 19.2. The van der Waals surface area contributed by atoms with E-state index in [0.717, 1.165) is 12.8 Å². The number of carbonyl (C=O) groups is 2. The number of nitrogens with zero attached hydrogens (tertiary/aromatic N) is 1. The van der Waals surface area contributed by atoms with E-state index in [0.29, 0.717) is 25.0 Å². The average molecular weight is 394 g/mol. The van der Waals surface area contributed by atoms with Gasteiger partial charge in [0.05, 0.1) is 10.8 Å². The topological polar surface area (TPSA) is 113 Å². The first-order valence-electron chi connectivity index (χ1n) is 9.15. The number of fused-ring (bicyclic) bond motifs is 2.